The van der Waals surface area contributed by atoms with E-state index in [1.54, 1.807) is 30.3 Å². The molecule has 100 valence electrons. The Labute approximate surface area is 114 Å². The first-order chi connectivity index (χ1) is 9.65. The molecule has 2 aromatic carbocycles. The number of hydrogen-bond donors (Lipinski definition) is 3. The highest BCUT2D eigenvalue weighted by atomic mass is 19.1. The number of rotatable bonds is 2. The van der Waals surface area contributed by atoms with Crippen molar-refractivity contribution in [1.82, 2.24) is 4.98 Å². The second-order valence-electron chi connectivity index (χ2n) is 4.39. The number of nitrogen functional groups attached to an aromatic ring is 1. The van der Waals surface area contributed by atoms with Gasteiger partial charge in [-0.1, -0.05) is 6.07 Å². The van der Waals surface area contributed by atoms with Crippen LogP contribution in [0, 0.1) is 5.82 Å². The third-order valence-electron chi connectivity index (χ3n) is 3.02. The molecule has 0 saturated carbocycles. The van der Waals surface area contributed by atoms with Crippen molar-refractivity contribution in [1.29, 1.82) is 0 Å². The van der Waals surface area contributed by atoms with Gasteiger partial charge in [0.25, 0.3) is 0 Å². The smallest absolute Gasteiger partial charge is 0.140 e. The summed E-state index contributed by atoms with van der Waals surface area (Å²) in [5, 5.41) is 13.4. The monoisotopic (exact) mass is 269 g/mol. The van der Waals surface area contributed by atoms with Gasteiger partial charge in [-0.3, -0.25) is 0 Å². The highest BCUT2D eigenvalue weighted by Gasteiger charge is 2.10. The van der Waals surface area contributed by atoms with E-state index in [-0.39, 0.29) is 11.6 Å². The lowest BCUT2D eigenvalue weighted by molar-refractivity contribution is 0.475. The van der Waals surface area contributed by atoms with Crippen molar-refractivity contribution >= 4 is 28.0 Å². The summed E-state index contributed by atoms with van der Waals surface area (Å²) in [4.78, 5) is 4.19. The van der Waals surface area contributed by atoms with Gasteiger partial charge in [-0.05, 0) is 30.3 Å². The number of phenolic OH excluding ortho intramolecular Hbond substituents is 1. The third-order valence-corrected chi connectivity index (χ3v) is 3.02. The zero-order valence-corrected chi connectivity index (χ0v) is 10.5. The van der Waals surface area contributed by atoms with E-state index in [9.17, 15) is 9.50 Å². The van der Waals surface area contributed by atoms with Crippen LogP contribution in [0.4, 0.5) is 21.6 Å². The molecule has 0 amide bonds. The highest BCUT2D eigenvalue weighted by molar-refractivity contribution is 6.02. The first kappa shape index (κ1) is 12.2. The maximum absolute atomic E-state index is 13.8. The quantitative estimate of drug-likeness (QED) is 0.623. The van der Waals surface area contributed by atoms with Gasteiger partial charge >= 0.3 is 0 Å². The van der Waals surface area contributed by atoms with Gasteiger partial charge in [-0.15, -0.1) is 0 Å². The fourth-order valence-corrected chi connectivity index (χ4v) is 2.10. The number of pyridine rings is 1. The van der Waals surface area contributed by atoms with Gasteiger partial charge in [-0.25, -0.2) is 9.37 Å². The zero-order chi connectivity index (χ0) is 14.1. The number of phenols is 1. The van der Waals surface area contributed by atoms with Crippen LogP contribution in [0.25, 0.3) is 10.8 Å². The molecular weight excluding hydrogens is 257 g/mol. The SMILES string of the molecule is Nc1ccc(F)c2ccnc(Nc3cccc(O)c3)c12. The molecule has 0 saturated heterocycles. The summed E-state index contributed by atoms with van der Waals surface area (Å²) in [6.45, 7) is 0. The fourth-order valence-electron chi connectivity index (χ4n) is 2.10. The van der Waals surface area contributed by atoms with Gasteiger partial charge in [0.15, 0.2) is 0 Å². The number of nitrogens with zero attached hydrogens (tertiary/aromatic N) is 1. The van der Waals surface area contributed by atoms with Crippen LogP contribution in [0.5, 0.6) is 5.75 Å². The normalized spacial score (nSPS) is 10.7. The van der Waals surface area contributed by atoms with Crippen LogP contribution in [-0.4, -0.2) is 10.1 Å². The Morgan fingerprint density at radius 3 is 2.80 bits per heavy atom. The second kappa shape index (κ2) is 4.70. The lowest BCUT2D eigenvalue weighted by atomic mass is 10.1. The first-order valence-electron chi connectivity index (χ1n) is 6.04. The summed E-state index contributed by atoms with van der Waals surface area (Å²) < 4.78 is 13.8. The van der Waals surface area contributed by atoms with Crippen molar-refractivity contribution in [3.8, 4) is 5.75 Å². The van der Waals surface area contributed by atoms with Crippen LogP contribution in [0.2, 0.25) is 0 Å². The molecular formula is C15H12FN3O. The van der Waals surface area contributed by atoms with E-state index >= 15 is 0 Å². The molecule has 4 nitrogen and oxygen atoms in total. The van der Waals surface area contributed by atoms with Crippen molar-refractivity contribution in [2.45, 2.75) is 0 Å². The maximum atomic E-state index is 13.8. The summed E-state index contributed by atoms with van der Waals surface area (Å²) in [6, 6.07) is 11.0. The van der Waals surface area contributed by atoms with E-state index in [4.69, 9.17) is 5.73 Å². The van der Waals surface area contributed by atoms with Crippen LogP contribution in [-0.2, 0) is 0 Å². The Kier molecular flexibility index (Phi) is 2.87. The average molecular weight is 269 g/mol. The molecule has 0 aliphatic carbocycles. The van der Waals surface area contributed by atoms with Crippen LogP contribution < -0.4 is 11.1 Å². The van der Waals surface area contributed by atoms with Gasteiger partial charge in [0.1, 0.15) is 17.4 Å². The summed E-state index contributed by atoms with van der Waals surface area (Å²) in [6.07, 6.45) is 1.51. The molecule has 0 aliphatic heterocycles. The highest BCUT2D eigenvalue weighted by Crippen LogP contribution is 2.31. The van der Waals surface area contributed by atoms with E-state index in [0.29, 0.717) is 28.0 Å². The van der Waals surface area contributed by atoms with E-state index in [1.807, 2.05) is 0 Å². The van der Waals surface area contributed by atoms with Crippen LogP contribution in [0.15, 0.2) is 48.7 Å². The molecule has 5 heteroatoms. The topological polar surface area (TPSA) is 71.2 Å². The molecule has 3 rings (SSSR count). The molecule has 0 bridgehead atoms. The molecule has 0 aliphatic rings. The van der Waals surface area contributed by atoms with E-state index < -0.39 is 0 Å². The minimum Gasteiger partial charge on any atom is -0.508 e. The van der Waals surface area contributed by atoms with Crippen LogP contribution in [0.3, 0.4) is 0 Å². The number of aromatic hydroxyl groups is 1. The Bertz CT molecular complexity index is 789. The van der Waals surface area contributed by atoms with Gasteiger partial charge in [0.2, 0.25) is 0 Å². The Morgan fingerprint density at radius 1 is 1.15 bits per heavy atom. The van der Waals surface area contributed by atoms with Crippen molar-refractivity contribution in [3.05, 3.63) is 54.5 Å². The third kappa shape index (κ3) is 2.09. The second-order valence-corrected chi connectivity index (χ2v) is 4.39. The number of anilines is 3. The van der Waals surface area contributed by atoms with Gasteiger partial charge in [-0.2, -0.15) is 0 Å². The minimum absolute atomic E-state index is 0.134. The molecule has 20 heavy (non-hydrogen) atoms. The summed E-state index contributed by atoms with van der Waals surface area (Å²) in [5.41, 5.74) is 7.00. The van der Waals surface area contributed by atoms with E-state index in [0.717, 1.165) is 0 Å². The molecule has 1 heterocycles. The number of nitrogens with two attached hydrogens (primary N) is 1. The van der Waals surface area contributed by atoms with Gasteiger partial charge in [0, 0.05) is 29.0 Å². The zero-order valence-electron chi connectivity index (χ0n) is 10.5. The molecule has 0 spiro atoms. The van der Waals surface area contributed by atoms with Crippen molar-refractivity contribution in [2.24, 2.45) is 0 Å². The molecule has 3 aromatic rings. The Hall–Kier alpha value is -2.82. The number of hydrogen-bond acceptors (Lipinski definition) is 4. The molecule has 0 unspecified atom stereocenters. The molecule has 4 N–H and O–H groups in total. The number of nitrogens with one attached hydrogen (secondary N) is 1. The summed E-state index contributed by atoms with van der Waals surface area (Å²) in [5.74, 6) is 0.232. The maximum Gasteiger partial charge on any atom is 0.140 e. The lowest BCUT2D eigenvalue weighted by Gasteiger charge is -2.11. The van der Waals surface area contributed by atoms with Crippen LogP contribution >= 0.6 is 0 Å². The van der Waals surface area contributed by atoms with E-state index in [1.165, 1.54) is 18.3 Å². The largest absolute Gasteiger partial charge is 0.508 e. The Morgan fingerprint density at radius 2 is 2.00 bits per heavy atom. The first-order valence-corrected chi connectivity index (χ1v) is 6.04. The molecule has 0 fully saturated rings. The molecule has 0 atom stereocenters. The predicted octanol–water partition coefficient (Wildman–Crippen LogP) is 3.41. The van der Waals surface area contributed by atoms with Gasteiger partial charge in [0.05, 0.1) is 5.39 Å². The van der Waals surface area contributed by atoms with Crippen molar-refractivity contribution < 1.29 is 9.50 Å². The van der Waals surface area contributed by atoms with Crippen molar-refractivity contribution in [3.63, 3.8) is 0 Å². The summed E-state index contributed by atoms with van der Waals surface area (Å²) in [7, 11) is 0. The standard InChI is InChI=1S/C15H12FN3O/c16-12-4-5-13(17)14-11(12)6-7-18-15(14)19-9-2-1-3-10(20)8-9/h1-8,20H,17H2,(H,18,19). The minimum atomic E-state index is -0.351. The fraction of sp³-hybridized carbons (Fsp3) is 0. The van der Waals surface area contributed by atoms with Crippen LogP contribution in [0.1, 0.15) is 0 Å². The average Bonchev–Trinajstić information content (AvgIpc) is 2.43. The van der Waals surface area contributed by atoms with Gasteiger partial charge < -0.3 is 16.2 Å². The number of benzene rings is 2. The molecule has 1 aromatic heterocycles. The number of aromatic nitrogens is 1. The lowest BCUT2D eigenvalue weighted by Crippen LogP contribution is -1.98. The molecule has 0 radical (unpaired) electrons. The Balaban J connectivity index is 2.15. The number of halogens is 1. The van der Waals surface area contributed by atoms with E-state index in [2.05, 4.69) is 10.3 Å². The predicted molar refractivity (Wildman–Crippen MR) is 77.5 cm³/mol. The summed E-state index contributed by atoms with van der Waals surface area (Å²) >= 11 is 0. The number of fused-ring (bicyclic) bond motifs is 1. The van der Waals surface area contributed by atoms with Crippen molar-refractivity contribution in [2.75, 3.05) is 11.1 Å².